The Morgan fingerprint density at radius 3 is 2.20 bits per heavy atom. The molecule has 46 heavy (non-hydrogen) atoms. The third-order valence-corrected chi connectivity index (χ3v) is 8.20. The highest BCUT2D eigenvalue weighted by atomic mass is 16.5. The van der Waals surface area contributed by atoms with Crippen LogP contribution < -0.4 is 15.4 Å². The zero-order valence-electron chi connectivity index (χ0n) is 26.1. The summed E-state index contributed by atoms with van der Waals surface area (Å²) in [5, 5.41) is 53.1. The van der Waals surface area contributed by atoms with Gasteiger partial charge in [-0.15, -0.1) is 0 Å². The predicted molar refractivity (Wildman–Crippen MR) is 167 cm³/mol. The van der Waals surface area contributed by atoms with E-state index in [0.717, 1.165) is 24.0 Å². The topological polar surface area (TPSA) is 201 Å². The first kappa shape index (κ1) is 35.1. The summed E-state index contributed by atoms with van der Waals surface area (Å²) in [7, 11) is 1.38. The van der Waals surface area contributed by atoms with E-state index in [-0.39, 0.29) is 17.6 Å². The largest absolute Gasteiger partial charge is 0.494 e. The highest BCUT2D eigenvalue weighted by molar-refractivity contribution is 5.95. The fraction of sp³-hybridized carbons (Fsp3) is 0.531. The molecule has 4 rings (SSSR count). The molecular weight excluding hydrogens is 600 g/mol. The van der Waals surface area contributed by atoms with Crippen molar-refractivity contribution in [2.45, 2.75) is 56.6 Å². The summed E-state index contributed by atoms with van der Waals surface area (Å²) >= 11 is 0. The van der Waals surface area contributed by atoms with Crippen LogP contribution in [-0.4, -0.2) is 131 Å². The van der Waals surface area contributed by atoms with Gasteiger partial charge in [0.25, 0.3) is 5.91 Å². The number of benzene rings is 2. The van der Waals surface area contributed by atoms with E-state index in [1.807, 2.05) is 6.92 Å². The zero-order chi connectivity index (χ0) is 33.4. The van der Waals surface area contributed by atoms with Crippen LogP contribution in [0.3, 0.4) is 0 Å². The first-order chi connectivity index (χ1) is 22.1. The van der Waals surface area contributed by atoms with Gasteiger partial charge in [0.1, 0.15) is 24.1 Å². The number of methoxy groups -OCH3 is 1. The SMILES string of the molecule is CCOc1cc(C(=O)OC)c(C2CC2)cc1CN1CCN(C(=O)Nc2ccc(C(=O)NC[C@H](O)[C@@H](O)[C@H](O)[C@H](O)CO)cc2)CC1. The molecule has 14 nitrogen and oxygen atoms in total. The van der Waals surface area contributed by atoms with Gasteiger partial charge in [-0.2, -0.15) is 0 Å². The van der Waals surface area contributed by atoms with Gasteiger partial charge in [0.15, 0.2) is 0 Å². The molecule has 0 aromatic heterocycles. The lowest BCUT2D eigenvalue weighted by Crippen LogP contribution is -2.49. The van der Waals surface area contributed by atoms with Crippen molar-refractivity contribution in [1.82, 2.24) is 15.1 Å². The molecule has 3 amide bonds. The molecule has 2 fully saturated rings. The second kappa shape index (κ2) is 16.2. The molecule has 2 aromatic rings. The Kier molecular flexibility index (Phi) is 12.3. The molecular formula is C32H44N4O10. The van der Waals surface area contributed by atoms with E-state index in [4.69, 9.17) is 14.6 Å². The van der Waals surface area contributed by atoms with Gasteiger partial charge >= 0.3 is 12.0 Å². The highest BCUT2D eigenvalue weighted by Crippen LogP contribution is 2.44. The molecule has 0 unspecified atom stereocenters. The summed E-state index contributed by atoms with van der Waals surface area (Å²) in [4.78, 5) is 41.8. The average molecular weight is 645 g/mol. The summed E-state index contributed by atoms with van der Waals surface area (Å²) < 4.78 is 10.9. The van der Waals surface area contributed by atoms with Crippen LogP contribution in [-0.2, 0) is 11.3 Å². The summed E-state index contributed by atoms with van der Waals surface area (Å²) in [6.45, 7) is 4.07. The van der Waals surface area contributed by atoms with Gasteiger partial charge in [-0.25, -0.2) is 9.59 Å². The Bertz CT molecular complexity index is 1350. The quantitative estimate of drug-likeness (QED) is 0.139. The van der Waals surface area contributed by atoms with E-state index < -0.39 is 43.5 Å². The normalized spacial score (nSPS) is 17.8. The van der Waals surface area contributed by atoms with Crippen LogP contribution in [0.25, 0.3) is 0 Å². The summed E-state index contributed by atoms with van der Waals surface area (Å²) in [5.41, 5.74) is 3.28. The summed E-state index contributed by atoms with van der Waals surface area (Å²) in [5.74, 6) is 0.0924. The number of urea groups is 1. The summed E-state index contributed by atoms with van der Waals surface area (Å²) in [6.07, 6.45) is -4.71. The van der Waals surface area contributed by atoms with Crippen LogP contribution in [0.15, 0.2) is 36.4 Å². The molecule has 14 heteroatoms. The van der Waals surface area contributed by atoms with Crippen molar-refractivity contribution >= 4 is 23.6 Å². The minimum Gasteiger partial charge on any atom is -0.494 e. The van der Waals surface area contributed by atoms with E-state index in [0.29, 0.717) is 62.2 Å². The van der Waals surface area contributed by atoms with E-state index in [1.165, 1.54) is 19.2 Å². The minimum atomic E-state index is -1.79. The van der Waals surface area contributed by atoms with Crippen LogP contribution in [0.4, 0.5) is 10.5 Å². The first-order valence-electron chi connectivity index (χ1n) is 15.4. The number of rotatable bonds is 14. The van der Waals surface area contributed by atoms with Crippen LogP contribution in [0, 0.1) is 0 Å². The van der Waals surface area contributed by atoms with Crippen molar-refractivity contribution in [2.24, 2.45) is 0 Å². The second-order valence-corrected chi connectivity index (χ2v) is 11.5. The van der Waals surface area contributed by atoms with Gasteiger partial charge in [-0.3, -0.25) is 9.69 Å². The van der Waals surface area contributed by atoms with Gasteiger partial charge in [0.05, 0.1) is 32.0 Å². The predicted octanol–water partition coefficient (Wildman–Crippen LogP) is 0.265. The molecule has 0 spiro atoms. The van der Waals surface area contributed by atoms with E-state index in [1.54, 1.807) is 23.1 Å². The number of piperazine rings is 1. The van der Waals surface area contributed by atoms with Crippen molar-refractivity contribution < 1.29 is 49.4 Å². The minimum absolute atomic E-state index is 0.236. The Morgan fingerprint density at radius 2 is 1.61 bits per heavy atom. The van der Waals surface area contributed by atoms with Crippen LogP contribution in [0.2, 0.25) is 0 Å². The molecule has 1 heterocycles. The number of carbonyl (C=O) groups excluding carboxylic acids is 3. The van der Waals surface area contributed by atoms with Crippen LogP contribution >= 0.6 is 0 Å². The smallest absolute Gasteiger partial charge is 0.338 e. The molecule has 2 aliphatic rings. The Morgan fingerprint density at radius 1 is 0.957 bits per heavy atom. The second-order valence-electron chi connectivity index (χ2n) is 11.5. The maximum atomic E-state index is 13.0. The van der Waals surface area contributed by atoms with Crippen LogP contribution in [0.1, 0.15) is 57.5 Å². The van der Waals surface area contributed by atoms with E-state index in [2.05, 4.69) is 21.6 Å². The fourth-order valence-electron chi connectivity index (χ4n) is 5.32. The third kappa shape index (κ3) is 8.93. The first-order valence-corrected chi connectivity index (χ1v) is 15.4. The molecule has 0 radical (unpaired) electrons. The number of nitrogens with one attached hydrogen (secondary N) is 2. The Balaban J connectivity index is 1.27. The van der Waals surface area contributed by atoms with Crippen molar-refractivity contribution in [1.29, 1.82) is 0 Å². The van der Waals surface area contributed by atoms with Crippen LogP contribution in [0.5, 0.6) is 5.75 Å². The number of amides is 3. The third-order valence-electron chi connectivity index (χ3n) is 8.20. The van der Waals surface area contributed by atoms with Gasteiger partial charge < -0.3 is 50.5 Å². The maximum absolute atomic E-state index is 13.0. The van der Waals surface area contributed by atoms with Crippen molar-refractivity contribution in [3.05, 3.63) is 58.7 Å². The lowest BCUT2D eigenvalue weighted by atomic mass is 9.98. The summed E-state index contributed by atoms with van der Waals surface area (Å²) in [6, 6.07) is 9.72. The zero-order valence-corrected chi connectivity index (χ0v) is 26.1. The number of ether oxygens (including phenoxy) is 2. The highest BCUT2D eigenvalue weighted by Gasteiger charge is 2.32. The molecule has 1 saturated carbocycles. The molecule has 2 aromatic carbocycles. The van der Waals surface area contributed by atoms with E-state index in [9.17, 15) is 34.8 Å². The molecule has 4 atom stereocenters. The number of hydrogen-bond acceptors (Lipinski definition) is 11. The Labute approximate surface area is 267 Å². The fourth-order valence-corrected chi connectivity index (χ4v) is 5.32. The molecule has 252 valence electrons. The van der Waals surface area contributed by atoms with Gasteiger partial charge in [-0.1, -0.05) is 0 Å². The lowest BCUT2D eigenvalue weighted by Gasteiger charge is -2.35. The number of carbonyl (C=O) groups is 3. The average Bonchev–Trinajstić information content (AvgIpc) is 3.92. The number of anilines is 1. The molecule has 1 aliphatic heterocycles. The number of aliphatic hydroxyl groups is 5. The maximum Gasteiger partial charge on any atom is 0.338 e. The molecule has 1 saturated heterocycles. The van der Waals surface area contributed by atoms with Gasteiger partial charge in [0.2, 0.25) is 0 Å². The lowest BCUT2D eigenvalue weighted by molar-refractivity contribution is -0.113. The molecule has 1 aliphatic carbocycles. The monoisotopic (exact) mass is 644 g/mol. The number of aliphatic hydroxyl groups excluding tert-OH is 5. The molecule has 7 N–H and O–H groups in total. The number of esters is 1. The van der Waals surface area contributed by atoms with Gasteiger partial charge in [0, 0.05) is 56.1 Å². The number of nitrogens with zero attached hydrogens (tertiary/aromatic N) is 2. The van der Waals surface area contributed by atoms with E-state index >= 15 is 0 Å². The van der Waals surface area contributed by atoms with Crippen molar-refractivity contribution in [3.8, 4) is 5.75 Å². The van der Waals surface area contributed by atoms with Crippen molar-refractivity contribution in [3.63, 3.8) is 0 Å². The van der Waals surface area contributed by atoms with Crippen molar-refractivity contribution in [2.75, 3.05) is 58.4 Å². The van der Waals surface area contributed by atoms with Gasteiger partial charge in [-0.05, 0) is 67.6 Å². The molecule has 0 bridgehead atoms. The Hall–Kier alpha value is -3.79. The standard InChI is InChI=1S/C32H44N4O10/c1-3-46-27-15-24(31(43)45-2)23(19-4-5-19)14-21(27)17-35-10-12-36(13-11-35)32(44)34-22-8-6-20(7-9-22)30(42)33-16-25(38)28(40)29(41)26(39)18-37/h6-9,14-15,19,25-26,28-29,37-41H,3-5,10-13,16-18H2,1-2H3,(H,33,42)(H,34,44)/t25-,26+,28+,29+/m0/s1. The number of hydrogen-bond donors (Lipinski definition) is 7.